The highest BCUT2D eigenvalue weighted by atomic mass is 16.1. The van der Waals surface area contributed by atoms with Crippen molar-refractivity contribution in [2.24, 2.45) is 0 Å². The highest BCUT2D eigenvalue weighted by Crippen LogP contribution is 2.19. The number of anilines is 1. The Balaban J connectivity index is 2.96. The molecule has 0 saturated carbocycles. The molecule has 0 fully saturated rings. The van der Waals surface area contributed by atoms with Crippen LogP contribution in [0.1, 0.15) is 28.4 Å². The van der Waals surface area contributed by atoms with Crippen molar-refractivity contribution in [3.63, 3.8) is 0 Å². The third kappa shape index (κ3) is 2.03. The van der Waals surface area contributed by atoms with Gasteiger partial charge in [-0.2, -0.15) is 0 Å². The second-order valence-corrected chi connectivity index (χ2v) is 4.48. The zero-order valence-corrected chi connectivity index (χ0v) is 11.3. The number of carbonyl (C=O) groups is 1. The minimum absolute atomic E-state index is 0.0709. The number of nitrogens with two attached hydrogens (primary N) is 1. The first-order valence-electron chi connectivity index (χ1n) is 6.11. The number of pyridine rings is 1. The van der Waals surface area contributed by atoms with Crippen molar-refractivity contribution >= 4 is 17.8 Å². The number of carbonyl (C=O) groups excluding carboxylic acids is 1. The SMILES string of the molecule is CC(=O)c1c(C)c(C=N)c(N)n(-c2ccccc2)c1=O. The molecule has 5 nitrogen and oxygen atoms in total. The molecule has 0 saturated heterocycles. The summed E-state index contributed by atoms with van der Waals surface area (Å²) in [5.74, 6) is -0.168. The average Bonchev–Trinajstić information content (AvgIpc) is 2.39. The normalized spacial score (nSPS) is 10.3. The number of nitrogens with one attached hydrogen (secondary N) is 1. The van der Waals surface area contributed by atoms with Gasteiger partial charge in [-0.25, -0.2) is 0 Å². The maximum atomic E-state index is 12.5. The maximum absolute atomic E-state index is 12.5. The lowest BCUT2D eigenvalue weighted by Crippen LogP contribution is -2.29. The standard InChI is InChI=1S/C15H15N3O2/c1-9-12(8-16)14(17)18(11-6-4-3-5-7-11)15(20)13(9)10(2)19/h3-8,16H,17H2,1-2H3. The van der Waals surface area contributed by atoms with Crippen LogP contribution in [0.3, 0.4) is 0 Å². The Morgan fingerprint density at radius 2 is 1.90 bits per heavy atom. The molecule has 0 aliphatic heterocycles. The minimum atomic E-state index is -0.454. The lowest BCUT2D eigenvalue weighted by atomic mass is 10.0. The van der Waals surface area contributed by atoms with Gasteiger partial charge in [-0.15, -0.1) is 0 Å². The molecule has 102 valence electrons. The predicted octanol–water partition coefficient (Wildman–Crippen LogP) is 1.93. The summed E-state index contributed by atoms with van der Waals surface area (Å²) in [4.78, 5) is 24.2. The summed E-state index contributed by atoms with van der Waals surface area (Å²) in [6.07, 6.45) is 1.07. The smallest absolute Gasteiger partial charge is 0.267 e. The number of Topliss-reactive ketones (excluding diaryl/α,β-unsaturated/α-hetero) is 1. The number of hydrogen-bond acceptors (Lipinski definition) is 4. The fraction of sp³-hybridized carbons (Fsp3) is 0.133. The molecule has 1 heterocycles. The summed E-state index contributed by atoms with van der Waals surface area (Å²) in [7, 11) is 0. The Labute approximate surface area is 116 Å². The average molecular weight is 269 g/mol. The van der Waals surface area contributed by atoms with Crippen LogP contribution in [0.25, 0.3) is 5.69 Å². The summed E-state index contributed by atoms with van der Waals surface area (Å²) in [6, 6.07) is 8.83. The summed E-state index contributed by atoms with van der Waals surface area (Å²) in [5.41, 5.74) is 7.02. The molecule has 0 atom stereocenters. The molecule has 0 unspecified atom stereocenters. The van der Waals surface area contributed by atoms with Crippen molar-refractivity contribution in [1.82, 2.24) is 4.57 Å². The second kappa shape index (κ2) is 5.13. The molecule has 0 aliphatic rings. The van der Waals surface area contributed by atoms with Crippen molar-refractivity contribution in [2.75, 3.05) is 5.73 Å². The molecule has 0 radical (unpaired) electrons. The molecule has 1 aromatic carbocycles. The van der Waals surface area contributed by atoms with Gasteiger partial charge in [0.2, 0.25) is 0 Å². The van der Waals surface area contributed by atoms with Crippen LogP contribution in [0.5, 0.6) is 0 Å². The van der Waals surface area contributed by atoms with Gasteiger partial charge >= 0.3 is 0 Å². The topological polar surface area (TPSA) is 88.9 Å². The van der Waals surface area contributed by atoms with Crippen molar-refractivity contribution in [2.45, 2.75) is 13.8 Å². The van der Waals surface area contributed by atoms with E-state index in [1.165, 1.54) is 11.5 Å². The van der Waals surface area contributed by atoms with Gasteiger partial charge in [0.05, 0.1) is 11.3 Å². The quantitative estimate of drug-likeness (QED) is 0.659. The van der Waals surface area contributed by atoms with Gasteiger partial charge in [0, 0.05) is 11.8 Å². The number of nitrogen functional groups attached to an aromatic ring is 1. The van der Waals surface area contributed by atoms with Crippen LogP contribution >= 0.6 is 0 Å². The van der Waals surface area contributed by atoms with Crippen LogP contribution in [-0.4, -0.2) is 16.6 Å². The number of aromatic nitrogens is 1. The van der Waals surface area contributed by atoms with Crippen LogP contribution in [0.2, 0.25) is 0 Å². The molecule has 0 bridgehead atoms. The van der Waals surface area contributed by atoms with Crippen LogP contribution in [0, 0.1) is 12.3 Å². The van der Waals surface area contributed by atoms with Crippen molar-refractivity contribution in [1.29, 1.82) is 5.41 Å². The molecule has 0 aliphatic carbocycles. The predicted molar refractivity (Wildman–Crippen MR) is 79.1 cm³/mol. The molecular weight excluding hydrogens is 254 g/mol. The van der Waals surface area contributed by atoms with E-state index in [2.05, 4.69) is 0 Å². The molecule has 0 amide bonds. The fourth-order valence-electron chi connectivity index (χ4n) is 2.26. The van der Waals surface area contributed by atoms with Crippen molar-refractivity contribution < 1.29 is 4.79 Å². The summed E-state index contributed by atoms with van der Waals surface area (Å²) < 4.78 is 1.27. The van der Waals surface area contributed by atoms with E-state index in [4.69, 9.17) is 11.1 Å². The Hall–Kier alpha value is -2.69. The fourth-order valence-corrected chi connectivity index (χ4v) is 2.26. The number of hydrogen-bond donors (Lipinski definition) is 2. The largest absolute Gasteiger partial charge is 0.384 e. The highest BCUT2D eigenvalue weighted by Gasteiger charge is 2.19. The Kier molecular flexibility index (Phi) is 3.52. The summed E-state index contributed by atoms with van der Waals surface area (Å²) in [6.45, 7) is 2.97. The van der Waals surface area contributed by atoms with Crippen molar-refractivity contribution in [3.05, 3.63) is 57.4 Å². The number of ketones is 1. The van der Waals surface area contributed by atoms with E-state index >= 15 is 0 Å². The van der Waals surface area contributed by atoms with E-state index in [9.17, 15) is 9.59 Å². The van der Waals surface area contributed by atoms with Gasteiger partial charge in [-0.3, -0.25) is 14.2 Å². The van der Waals surface area contributed by atoms with E-state index in [-0.39, 0.29) is 17.2 Å². The minimum Gasteiger partial charge on any atom is -0.384 e. The van der Waals surface area contributed by atoms with Gasteiger partial charge < -0.3 is 11.1 Å². The molecule has 3 N–H and O–H groups in total. The first-order valence-corrected chi connectivity index (χ1v) is 6.11. The van der Waals surface area contributed by atoms with E-state index in [1.54, 1.807) is 31.2 Å². The van der Waals surface area contributed by atoms with Gasteiger partial charge in [0.25, 0.3) is 5.56 Å². The molecule has 2 rings (SSSR count). The lowest BCUT2D eigenvalue weighted by Gasteiger charge is -2.16. The number of rotatable bonds is 3. The van der Waals surface area contributed by atoms with Crippen molar-refractivity contribution in [3.8, 4) is 5.69 Å². The Morgan fingerprint density at radius 1 is 1.30 bits per heavy atom. The molecule has 20 heavy (non-hydrogen) atoms. The van der Waals surface area contributed by atoms with Crippen LogP contribution < -0.4 is 11.3 Å². The van der Waals surface area contributed by atoms with Crippen LogP contribution in [0.4, 0.5) is 5.82 Å². The number of benzene rings is 1. The van der Waals surface area contributed by atoms with E-state index in [0.29, 0.717) is 16.8 Å². The Bertz CT molecular complexity index is 746. The third-order valence-corrected chi connectivity index (χ3v) is 3.22. The monoisotopic (exact) mass is 269 g/mol. The van der Waals surface area contributed by atoms with Gasteiger partial charge in [-0.1, -0.05) is 18.2 Å². The number of para-hydroxylation sites is 1. The first kappa shape index (κ1) is 13.7. The first-order chi connectivity index (χ1) is 9.49. The van der Waals surface area contributed by atoms with Gasteiger partial charge in [0.15, 0.2) is 5.78 Å². The van der Waals surface area contributed by atoms with Crippen LogP contribution in [0.15, 0.2) is 35.1 Å². The molecule has 2 aromatic rings. The molecule has 5 heteroatoms. The van der Waals surface area contributed by atoms with E-state index < -0.39 is 5.56 Å². The molecule has 1 aromatic heterocycles. The lowest BCUT2D eigenvalue weighted by molar-refractivity contribution is 0.101. The second-order valence-electron chi connectivity index (χ2n) is 4.48. The zero-order chi connectivity index (χ0) is 14.9. The third-order valence-electron chi connectivity index (χ3n) is 3.22. The molecule has 0 spiro atoms. The Morgan fingerprint density at radius 3 is 2.40 bits per heavy atom. The molecular formula is C15H15N3O2. The van der Waals surface area contributed by atoms with Gasteiger partial charge in [0.1, 0.15) is 5.82 Å². The van der Waals surface area contributed by atoms with E-state index in [0.717, 1.165) is 6.21 Å². The van der Waals surface area contributed by atoms with Crippen LogP contribution in [-0.2, 0) is 0 Å². The summed E-state index contributed by atoms with van der Waals surface area (Å²) >= 11 is 0. The number of nitrogens with zero attached hydrogens (tertiary/aromatic N) is 1. The van der Waals surface area contributed by atoms with Gasteiger partial charge in [-0.05, 0) is 31.5 Å². The highest BCUT2D eigenvalue weighted by molar-refractivity contribution is 5.99. The maximum Gasteiger partial charge on any atom is 0.267 e. The zero-order valence-electron chi connectivity index (χ0n) is 11.3. The van der Waals surface area contributed by atoms with E-state index in [1.807, 2.05) is 6.07 Å². The summed E-state index contributed by atoms with van der Waals surface area (Å²) in [5, 5.41) is 7.46.